The highest BCUT2D eigenvalue weighted by atomic mass is 16.6. The maximum Gasteiger partial charge on any atom is 0.339 e. The molecule has 150 valence electrons. The minimum absolute atomic E-state index is 0.0788. The van der Waals surface area contributed by atoms with E-state index in [2.05, 4.69) is 9.80 Å². The fourth-order valence-corrected chi connectivity index (χ4v) is 5.88. The van der Waals surface area contributed by atoms with E-state index in [-0.39, 0.29) is 11.9 Å². The second-order valence-electron chi connectivity index (χ2n) is 9.00. The molecule has 4 aliphatic rings. The standard InChI is InChI=1S/C23H30N2O3/c26-21(25-15-13-24(14-16-25)18-5-1-2-6-18)17-9-11-23(12-10-17)20-8-4-3-7-19(20)22(27)28-23/h3-4,7-8,17-18H,1-2,5-6,9-16H2. The van der Waals surface area contributed by atoms with Crippen LogP contribution in [0.3, 0.4) is 0 Å². The Labute approximate surface area is 167 Å². The largest absolute Gasteiger partial charge is 0.451 e. The van der Waals surface area contributed by atoms with E-state index in [0.717, 1.165) is 63.5 Å². The average Bonchev–Trinajstić information content (AvgIpc) is 3.37. The van der Waals surface area contributed by atoms with Crippen molar-refractivity contribution in [1.29, 1.82) is 0 Å². The molecule has 1 spiro atoms. The molecule has 5 rings (SSSR count). The molecule has 3 fully saturated rings. The van der Waals surface area contributed by atoms with Crippen molar-refractivity contribution >= 4 is 11.9 Å². The number of ether oxygens (including phenoxy) is 1. The lowest BCUT2D eigenvalue weighted by molar-refractivity contribution is -0.140. The van der Waals surface area contributed by atoms with E-state index < -0.39 is 5.60 Å². The molecule has 1 saturated heterocycles. The number of hydrogen-bond donors (Lipinski definition) is 0. The number of benzene rings is 1. The number of carbonyl (C=O) groups excluding carboxylic acids is 2. The summed E-state index contributed by atoms with van der Waals surface area (Å²) in [4.78, 5) is 30.0. The summed E-state index contributed by atoms with van der Waals surface area (Å²) in [5, 5.41) is 0. The van der Waals surface area contributed by atoms with Gasteiger partial charge in [-0.2, -0.15) is 0 Å². The van der Waals surface area contributed by atoms with Crippen LogP contribution in [0.4, 0.5) is 0 Å². The molecule has 5 heteroatoms. The topological polar surface area (TPSA) is 49.9 Å². The van der Waals surface area contributed by atoms with Gasteiger partial charge in [-0.15, -0.1) is 0 Å². The van der Waals surface area contributed by atoms with Gasteiger partial charge in [0.05, 0.1) is 5.56 Å². The zero-order valence-corrected chi connectivity index (χ0v) is 16.6. The van der Waals surface area contributed by atoms with Crippen LogP contribution < -0.4 is 0 Å². The number of piperazine rings is 1. The van der Waals surface area contributed by atoms with E-state index in [4.69, 9.17) is 4.74 Å². The fraction of sp³-hybridized carbons (Fsp3) is 0.652. The van der Waals surface area contributed by atoms with Crippen LogP contribution in [0.15, 0.2) is 24.3 Å². The van der Waals surface area contributed by atoms with Gasteiger partial charge in [-0.25, -0.2) is 4.79 Å². The molecule has 0 atom stereocenters. The SMILES string of the molecule is O=C1OC2(CCC(C(=O)N3CCN(C4CCCC4)CC3)CC2)c2ccccc21. The van der Waals surface area contributed by atoms with Crippen molar-refractivity contribution in [2.24, 2.45) is 5.92 Å². The van der Waals surface area contributed by atoms with E-state index in [1.54, 1.807) is 0 Å². The second kappa shape index (κ2) is 7.18. The van der Waals surface area contributed by atoms with Crippen LogP contribution in [-0.4, -0.2) is 53.9 Å². The molecule has 1 aromatic carbocycles. The first-order valence-electron chi connectivity index (χ1n) is 11.0. The molecular formula is C23H30N2O3. The highest BCUT2D eigenvalue weighted by Crippen LogP contribution is 2.48. The van der Waals surface area contributed by atoms with Gasteiger partial charge in [0.15, 0.2) is 0 Å². The first-order valence-corrected chi connectivity index (χ1v) is 11.0. The molecule has 2 aliphatic carbocycles. The van der Waals surface area contributed by atoms with Crippen molar-refractivity contribution in [3.05, 3.63) is 35.4 Å². The Balaban J connectivity index is 1.19. The lowest BCUT2D eigenvalue weighted by Gasteiger charge is -2.41. The maximum absolute atomic E-state index is 13.1. The summed E-state index contributed by atoms with van der Waals surface area (Å²) in [6, 6.07) is 8.49. The highest BCUT2D eigenvalue weighted by molar-refractivity contribution is 5.94. The third-order valence-electron chi connectivity index (χ3n) is 7.54. The van der Waals surface area contributed by atoms with Gasteiger partial charge in [-0.3, -0.25) is 9.69 Å². The molecule has 1 amide bonds. The van der Waals surface area contributed by atoms with Gasteiger partial charge < -0.3 is 9.64 Å². The number of fused-ring (bicyclic) bond motifs is 2. The molecule has 0 N–H and O–H groups in total. The summed E-state index contributed by atoms with van der Waals surface area (Å²) >= 11 is 0. The van der Waals surface area contributed by atoms with Crippen molar-refractivity contribution < 1.29 is 14.3 Å². The van der Waals surface area contributed by atoms with Gasteiger partial charge in [0.25, 0.3) is 0 Å². The van der Waals surface area contributed by atoms with Crippen LogP contribution in [0.1, 0.15) is 67.3 Å². The molecule has 0 bridgehead atoms. The van der Waals surface area contributed by atoms with Crippen molar-refractivity contribution in [2.45, 2.75) is 63.0 Å². The Morgan fingerprint density at radius 3 is 2.36 bits per heavy atom. The first kappa shape index (κ1) is 18.2. The molecule has 0 radical (unpaired) electrons. The number of amides is 1. The molecule has 28 heavy (non-hydrogen) atoms. The van der Waals surface area contributed by atoms with E-state index in [1.807, 2.05) is 24.3 Å². The van der Waals surface area contributed by atoms with Gasteiger partial charge in [0.1, 0.15) is 5.60 Å². The number of esters is 1. The zero-order chi connectivity index (χ0) is 19.1. The van der Waals surface area contributed by atoms with Crippen molar-refractivity contribution in [1.82, 2.24) is 9.80 Å². The Morgan fingerprint density at radius 2 is 1.64 bits per heavy atom. The Bertz CT molecular complexity index is 755. The van der Waals surface area contributed by atoms with E-state index in [0.29, 0.717) is 11.5 Å². The first-order chi connectivity index (χ1) is 13.7. The Kier molecular flexibility index (Phi) is 4.66. The minimum Gasteiger partial charge on any atom is -0.451 e. The number of nitrogens with zero attached hydrogens (tertiary/aromatic N) is 2. The normalized spacial score (nSPS) is 31.2. The van der Waals surface area contributed by atoms with E-state index >= 15 is 0 Å². The van der Waals surface area contributed by atoms with Gasteiger partial charge in [0.2, 0.25) is 5.91 Å². The van der Waals surface area contributed by atoms with Gasteiger partial charge in [0, 0.05) is 43.7 Å². The molecule has 0 unspecified atom stereocenters. The maximum atomic E-state index is 13.1. The molecule has 2 aliphatic heterocycles. The van der Waals surface area contributed by atoms with Crippen LogP contribution in [0.5, 0.6) is 0 Å². The monoisotopic (exact) mass is 382 g/mol. The predicted octanol–water partition coefficient (Wildman–Crippen LogP) is 3.33. The van der Waals surface area contributed by atoms with Crippen molar-refractivity contribution in [3.63, 3.8) is 0 Å². The Morgan fingerprint density at radius 1 is 0.964 bits per heavy atom. The number of carbonyl (C=O) groups is 2. The van der Waals surface area contributed by atoms with Crippen LogP contribution in [0, 0.1) is 5.92 Å². The van der Waals surface area contributed by atoms with Crippen LogP contribution in [0.2, 0.25) is 0 Å². The average molecular weight is 383 g/mol. The third-order valence-corrected chi connectivity index (χ3v) is 7.54. The van der Waals surface area contributed by atoms with Gasteiger partial charge >= 0.3 is 5.97 Å². The zero-order valence-electron chi connectivity index (χ0n) is 16.6. The number of hydrogen-bond acceptors (Lipinski definition) is 4. The predicted molar refractivity (Wildman–Crippen MR) is 106 cm³/mol. The summed E-state index contributed by atoms with van der Waals surface area (Å²) in [5.74, 6) is 0.192. The fourth-order valence-electron chi connectivity index (χ4n) is 5.88. The smallest absolute Gasteiger partial charge is 0.339 e. The van der Waals surface area contributed by atoms with Gasteiger partial charge in [-0.1, -0.05) is 31.0 Å². The summed E-state index contributed by atoms with van der Waals surface area (Å²) < 4.78 is 5.83. The summed E-state index contributed by atoms with van der Waals surface area (Å²) in [6.45, 7) is 3.79. The van der Waals surface area contributed by atoms with Crippen LogP contribution in [-0.2, 0) is 15.1 Å². The van der Waals surface area contributed by atoms with E-state index in [9.17, 15) is 9.59 Å². The minimum atomic E-state index is -0.494. The summed E-state index contributed by atoms with van der Waals surface area (Å²) in [6.07, 6.45) is 8.52. The van der Waals surface area contributed by atoms with Crippen molar-refractivity contribution in [2.75, 3.05) is 26.2 Å². The van der Waals surface area contributed by atoms with Gasteiger partial charge in [-0.05, 0) is 44.6 Å². The third kappa shape index (κ3) is 3.04. The highest BCUT2D eigenvalue weighted by Gasteiger charge is 2.48. The van der Waals surface area contributed by atoms with Crippen LogP contribution >= 0.6 is 0 Å². The van der Waals surface area contributed by atoms with Crippen molar-refractivity contribution in [3.8, 4) is 0 Å². The molecule has 0 aromatic heterocycles. The van der Waals surface area contributed by atoms with E-state index in [1.165, 1.54) is 25.7 Å². The second-order valence-corrected chi connectivity index (χ2v) is 9.00. The lowest BCUT2D eigenvalue weighted by atomic mass is 9.74. The quantitative estimate of drug-likeness (QED) is 0.736. The lowest BCUT2D eigenvalue weighted by Crippen LogP contribution is -2.53. The molecule has 5 nitrogen and oxygen atoms in total. The molecule has 2 saturated carbocycles. The number of rotatable bonds is 2. The summed E-state index contributed by atoms with van der Waals surface area (Å²) in [5.41, 5.74) is 1.23. The molecule has 2 heterocycles. The summed E-state index contributed by atoms with van der Waals surface area (Å²) in [7, 11) is 0. The Hall–Kier alpha value is -1.88. The molecular weight excluding hydrogens is 352 g/mol. The van der Waals surface area contributed by atoms with Crippen LogP contribution in [0.25, 0.3) is 0 Å². The molecule has 1 aromatic rings.